The lowest BCUT2D eigenvalue weighted by Crippen LogP contribution is -2.42. The lowest BCUT2D eigenvalue weighted by Gasteiger charge is -2.28. The number of nitrogens with zero attached hydrogens (tertiary/aromatic N) is 3. The third-order valence-corrected chi connectivity index (χ3v) is 4.75. The number of amides is 2. The first-order valence-electron chi connectivity index (χ1n) is 9.54. The Hall–Kier alpha value is -2.67. The summed E-state index contributed by atoms with van der Waals surface area (Å²) in [6, 6.07) is 7.45. The minimum absolute atomic E-state index is 0.0278. The van der Waals surface area contributed by atoms with Crippen LogP contribution in [-0.4, -0.2) is 51.9 Å². The molecule has 1 saturated heterocycles. The van der Waals surface area contributed by atoms with E-state index in [1.807, 2.05) is 33.9 Å². The molecule has 2 N–H and O–H groups in total. The van der Waals surface area contributed by atoms with Gasteiger partial charge in [0.25, 0.3) is 5.91 Å². The average Bonchev–Trinajstić information content (AvgIpc) is 3.38. The normalized spacial score (nSPS) is 16.3. The first-order chi connectivity index (χ1) is 13.2. The highest BCUT2D eigenvalue weighted by molar-refractivity contribution is 5.97. The molecule has 3 rings (SSSR count). The van der Waals surface area contributed by atoms with Gasteiger partial charge in [-0.1, -0.05) is 13.0 Å². The molecular weight excluding hydrogens is 342 g/mol. The Morgan fingerprint density at radius 2 is 2.30 bits per heavy atom. The maximum Gasteiger partial charge on any atom is 0.254 e. The topological polar surface area (TPSA) is 79.3 Å². The van der Waals surface area contributed by atoms with Crippen molar-refractivity contribution in [2.24, 2.45) is 0 Å². The van der Waals surface area contributed by atoms with Crippen molar-refractivity contribution in [1.82, 2.24) is 19.8 Å². The summed E-state index contributed by atoms with van der Waals surface area (Å²) in [5.74, 6) is -0.0567. The smallest absolute Gasteiger partial charge is 0.254 e. The van der Waals surface area contributed by atoms with E-state index in [2.05, 4.69) is 22.5 Å². The third kappa shape index (κ3) is 5.17. The van der Waals surface area contributed by atoms with Gasteiger partial charge in [-0.3, -0.25) is 9.59 Å². The van der Waals surface area contributed by atoms with Gasteiger partial charge in [-0.25, -0.2) is 4.98 Å². The first-order valence-corrected chi connectivity index (χ1v) is 9.54. The molecular formula is C20H27N5O2. The second kappa shape index (κ2) is 9.32. The van der Waals surface area contributed by atoms with Crippen molar-refractivity contribution in [3.63, 3.8) is 0 Å². The second-order valence-corrected chi connectivity index (χ2v) is 6.82. The number of anilines is 1. The molecule has 1 fully saturated rings. The zero-order chi connectivity index (χ0) is 19.1. The average molecular weight is 369 g/mol. The quantitative estimate of drug-likeness (QED) is 0.747. The lowest BCUT2D eigenvalue weighted by atomic mass is 10.1. The van der Waals surface area contributed by atoms with Crippen molar-refractivity contribution >= 4 is 17.5 Å². The molecule has 0 aliphatic carbocycles. The maximum absolute atomic E-state index is 13.0. The molecule has 1 aromatic carbocycles. The van der Waals surface area contributed by atoms with Crippen molar-refractivity contribution in [2.75, 3.05) is 25.0 Å². The fraction of sp³-hybridized carbons (Fsp3) is 0.450. The van der Waals surface area contributed by atoms with E-state index in [-0.39, 0.29) is 17.9 Å². The van der Waals surface area contributed by atoms with Crippen LogP contribution < -0.4 is 10.6 Å². The zero-order valence-electron chi connectivity index (χ0n) is 15.7. The van der Waals surface area contributed by atoms with Gasteiger partial charge < -0.3 is 20.1 Å². The third-order valence-electron chi connectivity index (χ3n) is 4.75. The van der Waals surface area contributed by atoms with Gasteiger partial charge in [0.1, 0.15) is 0 Å². The van der Waals surface area contributed by atoms with Crippen molar-refractivity contribution in [3.05, 3.63) is 48.5 Å². The van der Waals surface area contributed by atoms with Gasteiger partial charge in [0.05, 0.1) is 6.33 Å². The van der Waals surface area contributed by atoms with Gasteiger partial charge in [0.15, 0.2) is 0 Å². The van der Waals surface area contributed by atoms with Crippen molar-refractivity contribution in [2.45, 2.75) is 38.8 Å². The Kier molecular flexibility index (Phi) is 6.59. The molecule has 7 heteroatoms. The standard InChI is InChI=1S/C20H27N5O2/c1-2-10-25(18-6-8-21-14-18)20(27)16-4-3-5-17(13-16)23-19(26)7-11-24-12-9-22-15-24/h3-5,9,12-13,15,18,21H,2,6-8,10-11,14H2,1H3,(H,23,26). The van der Waals surface area contributed by atoms with Crippen LogP contribution >= 0.6 is 0 Å². The fourth-order valence-electron chi connectivity index (χ4n) is 3.37. The molecule has 1 aliphatic heterocycles. The summed E-state index contributed by atoms with van der Waals surface area (Å²) in [4.78, 5) is 31.1. The van der Waals surface area contributed by atoms with Crippen molar-refractivity contribution in [1.29, 1.82) is 0 Å². The predicted octanol–water partition coefficient (Wildman–Crippen LogP) is 2.13. The van der Waals surface area contributed by atoms with E-state index in [0.29, 0.717) is 24.2 Å². The number of hydrogen-bond donors (Lipinski definition) is 2. The number of aromatic nitrogens is 2. The van der Waals surface area contributed by atoms with E-state index in [4.69, 9.17) is 0 Å². The van der Waals surface area contributed by atoms with Crippen LogP contribution in [0, 0.1) is 0 Å². The summed E-state index contributed by atoms with van der Waals surface area (Å²) < 4.78 is 1.86. The van der Waals surface area contributed by atoms with Crippen LogP contribution in [-0.2, 0) is 11.3 Å². The van der Waals surface area contributed by atoms with Crippen molar-refractivity contribution in [3.8, 4) is 0 Å². The van der Waals surface area contributed by atoms with Gasteiger partial charge in [0.2, 0.25) is 5.91 Å². The number of hydrogen-bond acceptors (Lipinski definition) is 4. The minimum Gasteiger partial charge on any atom is -0.337 e. The number of imidazole rings is 1. The Balaban J connectivity index is 1.62. The van der Waals surface area contributed by atoms with E-state index in [0.717, 1.165) is 32.5 Å². The summed E-state index contributed by atoms with van der Waals surface area (Å²) in [5.41, 5.74) is 1.26. The Bertz CT molecular complexity index is 753. The van der Waals surface area contributed by atoms with Gasteiger partial charge in [0, 0.05) is 55.7 Å². The van der Waals surface area contributed by atoms with E-state index in [9.17, 15) is 9.59 Å². The van der Waals surface area contributed by atoms with Crippen LogP contribution in [0.1, 0.15) is 36.5 Å². The Morgan fingerprint density at radius 3 is 3.00 bits per heavy atom. The molecule has 7 nitrogen and oxygen atoms in total. The highest BCUT2D eigenvalue weighted by Gasteiger charge is 2.26. The number of carbonyl (C=O) groups excluding carboxylic acids is 2. The van der Waals surface area contributed by atoms with E-state index in [1.165, 1.54) is 0 Å². The summed E-state index contributed by atoms with van der Waals surface area (Å²) in [5, 5.41) is 6.21. The zero-order valence-corrected chi connectivity index (χ0v) is 15.7. The summed E-state index contributed by atoms with van der Waals surface area (Å²) in [6.45, 7) is 5.19. The van der Waals surface area contributed by atoms with Crippen LogP contribution in [0.2, 0.25) is 0 Å². The molecule has 0 bridgehead atoms. The summed E-state index contributed by atoms with van der Waals surface area (Å²) >= 11 is 0. The lowest BCUT2D eigenvalue weighted by molar-refractivity contribution is -0.116. The number of rotatable bonds is 8. The molecule has 2 aromatic rings. The molecule has 1 unspecified atom stereocenters. The largest absolute Gasteiger partial charge is 0.337 e. The van der Waals surface area contributed by atoms with Crippen molar-refractivity contribution < 1.29 is 9.59 Å². The van der Waals surface area contributed by atoms with Crippen LogP contribution in [0.5, 0.6) is 0 Å². The van der Waals surface area contributed by atoms with Crippen LogP contribution in [0.25, 0.3) is 0 Å². The molecule has 0 saturated carbocycles. The number of benzene rings is 1. The van der Waals surface area contributed by atoms with E-state index >= 15 is 0 Å². The highest BCUT2D eigenvalue weighted by atomic mass is 16.2. The van der Waals surface area contributed by atoms with Gasteiger partial charge >= 0.3 is 0 Å². The molecule has 0 spiro atoms. The van der Waals surface area contributed by atoms with Gasteiger partial charge in [-0.15, -0.1) is 0 Å². The first kappa shape index (κ1) is 19.1. The molecule has 2 amide bonds. The Morgan fingerprint density at radius 1 is 1.41 bits per heavy atom. The summed E-state index contributed by atoms with van der Waals surface area (Å²) in [7, 11) is 0. The number of carbonyl (C=O) groups is 2. The molecule has 27 heavy (non-hydrogen) atoms. The fourth-order valence-corrected chi connectivity index (χ4v) is 3.37. The Labute approximate surface area is 159 Å². The molecule has 1 aliphatic rings. The van der Waals surface area contributed by atoms with Gasteiger partial charge in [-0.2, -0.15) is 0 Å². The van der Waals surface area contributed by atoms with E-state index in [1.54, 1.807) is 18.6 Å². The van der Waals surface area contributed by atoms with E-state index < -0.39 is 0 Å². The number of aryl methyl sites for hydroxylation is 1. The molecule has 1 aromatic heterocycles. The van der Waals surface area contributed by atoms with Crippen LogP contribution in [0.15, 0.2) is 43.0 Å². The second-order valence-electron chi connectivity index (χ2n) is 6.82. The van der Waals surface area contributed by atoms with Crippen LogP contribution in [0.3, 0.4) is 0 Å². The summed E-state index contributed by atoms with van der Waals surface area (Å²) in [6.07, 6.45) is 7.46. The molecule has 0 radical (unpaired) electrons. The molecule has 144 valence electrons. The number of nitrogens with one attached hydrogen (secondary N) is 2. The minimum atomic E-state index is -0.0845. The SMILES string of the molecule is CCCN(C(=O)c1cccc(NC(=O)CCn2ccnc2)c1)C1CCNC1. The predicted molar refractivity (Wildman–Crippen MR) is 105 cm³/mol. The van der Waals surface area contributed by atoms with Gasteiger partial charge in [-0.05, 0) is 37.6 Å². The maximum atomic E-state index is 13.0. The highest BCUT2D eigenvalue weighted by Crippen LogP contribution is 2.17. The van der Waals surface area contributed by atoms with Crippen LogP contribution in [0.4, 0.5) is 5.69 Å². The monoisotopic (exact) mass is 369 g/mol. The molecule has 1 atom stereocenters. The molecule has 2 heterocycles.